The maximum Gasteiger partial charge on any atom is 0.0243 e. The Morgan fingerprint density at radius 1 is 0.810 bits per heavy atom. The third kappa shape index (κ3) is 3.36. The first-order valence-corrected chi connectivity index (χ1v) is 8.10. The topological polar surface area (TPSA) is 12.0 Å². The molecule has 1 saturated heterocycles. The smallest absolute Gasteiger partial charge is 0.0243 e. The summed E-state index contributed by atoms with van der Waals surface area (Å²) in [5.74, 6) is 0.464. The highest BCUT2D eigenvalue weighted by molar-refractivity contribution is 5.37. The average Bonchev–Trinajstić information content (AvgIpc) is 2.52. The van der Waals surface area contributed by atoms with Crippen LogP contribution in [-0.4, -0.2) is 12.6 Å². The van der Waals surface area contributed by atoms with Crippen LogP contribution in [-0.2, 0) is 0 Å². The molecule has 0 aliphatic carbocycles. The molecule has 21 heavy (non-hydrogen) atoms. The summed E-state index contributed by atoms with van der Waals surface area (Å²) in [6.07, 6.45) is 3.92. The van der Waals surface area contributed by atoms with Crippen LogP contribution in [0.15, 0.2) is 48.5 Å². The van der Waals surface area contributed by atoms with Crippen LogP contribution in [0.4, 0.5) is 0 Å². The highest BCUT2D eigenvalue weighted by atomic mass is 14.9. The summed E-state index contributed by atoms with van der Waals surface area (Å²) in [4.78, 5) is 0. The zero-order valence-corrected chi connectivity index (χ0v) is 13.1. The minimum atomic E-state index is 0.464. The zero-order chi connectivity index (χ0) is 14.7. The molecule has 0 amide bonds. The molecule has 1 aliphatic rings. The van der Waals surface area contributed by atoms with E-state index in [-0.39, 0.29) is 0 Å². The van der Waals surface area contributed by atoms with E-state index >= 15 is 0 Å². The van der Waals surface area contributed by atoms with Crippen LogP contribution in [0.3, 0.4) is 0 Å². The van der Waals surface area contributed by atoms with Crippen molar-refractivity contribution in [2.75, 3.05) is 6.54 Å². The van der Waals surface area contributed by atoms with Crippen molar-refractivity contribution in [2.45, 2.75) is 45.1 Å². The molecule has 0 bridgehead atoms. The largest absolute Gasteiger partial charge is 0.313 e. The van der Waals surface area contributed by atoms with Crippen LogP contribution in [0.5, 0.6) is 0 Å². The lowest BCUT2D eigenvalue weighted by Crippen LogP contribution is -2.39. The Labute approximate surface area is 128 Å². The second-order valence-electron chi connectivity index (χ2n) is 6.36. The minimum absolute atomic E-state index is 0.464. The van der Waals surface area contributed by atoms with Crippen molar-refractivity contribution < 1.29 is 0 Å². The van der Waals surface area contributed by atoms with E-state index in [2.05, 4.69) is 67.7 Å². The number of piperidine rings is 1. The van der Waals surface area contributed by atoms with Crippen LogP contribution in [0.25, 0.3) is 0 Å². The molecule has 1 nitrogen and oxygen atoms in total. The number of hydrogen-bond donors (Lipinski definition) is 1. The summed E-state index contributed by atoms with van der Waals surface area (Å²) in [5.41, 5.74) is 5.53. The van der Waals surface area contributed by atoms with Gasteiger partial charge < -0.3 is 5.32 Å². The van der Waals surface area contributed by atoms with E-state index in [0.717, 1.165) is 6.54 Å². The summed E-state index contributed by atoms with van der Waals surface area (Å²) in [6, 6.07) is 18.7. The second kappa shape index (κ2) is 6.44. The standard InChI is InChI=1S/C20H25N/c1-15-6-10-17(11-7-15)20(19-5-3-4-14-21-19)18-12-8-16(2)9-13-18/h6-13,19-21H,3-5,14H2,1-2H3/t19-/m1/s1. The van der Waals surface area contributed by atoms with Gasteiger partial charge in [0.2, 0.25) is 0 Å². The third-order valence-corrected chi connectivity index (χ3v) is 4.62. The van der Waals surface area contributed by atoms with Gasteiger partial charge in [-0.2, -0.15) is 0 Å². The molecule has 2 aromatic carbocycles. The maximum atomic E-state index is 3.75. The Balaban J connectivity index is 1.97. The van der Waals surface area contributed by atoms with Crippen LogP contribution >= 0.6 is 0 Å². The summed E-state index contributed by atoms with van der Waals surface area (Å²) >= 11 is 0. The van der Waals surface area contributed by atoms with E-state index in [0.29, 0.717) is 12.0 Å². The molecule has 110 valence electrons. The van der Waals surface area contributed by atoms with E-state index < -0.39 is 0 Å². The van der Waals surface area contributed by atoms with Crippen molar-refractivity contribution in [3.8, 4) is 0 Å². The molecule has 1 fully saturated rings. The predicted octanol–water partition coefficient (Wildman–Crippen LogP) is 4.58. The molecule has 0 aromatic heterocycles. The molecule has 0 unspecified atom stereocenters. The van der Waals surface area contributed by atoms with E-state index in [1.54, 1.807) is 0 Å². The molecular weight excluding hydrogens is 254 g/mol. The zero-order valence-electron chi connectivity index (χ0n) is 13.1. The highest BCUT2D eigenvalue weighted by Gasteiger charge is 2.26. The lowest BCUT2D eigenvalue weighted by molar-refractivity contribution is 0.372. The van der Waals surface area contributed by atoms with Crippen LogP contribution in [0, 0.1) is 13.8 Å². The Bertz CT molecular complexity index is 516. The van der Waals surface area contributed by atoms with Gasteiger partial charge in [0.15, 0.2) is 0 Å². The molecule has 1 heteroatoms. The monoisotopic (exact) mass is 279 g/mol. The van der Waals surface area contributed by atoms with E-state index in [4.69, 9.17) is 0 Å². The molecule has 1 aliphatic heterocycles. The fourth-order valence-corrected chi connectivity index (χ4v) is 3.37. The molecule has 2 aromatic rings. The van der Waals surface area contributed by atoms with Gasteiger partial charge in [-0.25, -0.2) is 0 Å². The van der Waals surface area contributed by atoms with Crippen molar-refractivity contribution in [1.82, 2.24) is 5.32 Å². The van der Waals surface area contributed by atoms with Gasteiger partial charge in [0.25, 0.3) is 0 Å². The molecule has 0 radical (unpaired) electrons. The Morgan fingerprint density at radius 2 is 1.33 bits per heavy atom. The molecule has 1 atom stereocenters. The van der Waals surface area contributed by atoms with Crippen molar-refractivity contribution in [3.05, 3.63) is 70.8 Å². The van der Waals surface area contributed by atoms with Gasteiger partial charge in [0.1, 0.15) is 0 Å². The average molecular weight is 279 g/mol. The summed E-state index contributed by atoms with van der Waals surface area (Å²) < 4.78 is 0. The lowest BCUT2D eigenvalue weighted by Gasteiger charge is -2.32. The first kappa shape index (κ1) is 14.3. The van der Waals surface area contributed by atoms with Gasteiger partial charge in [-0.1, -0.05) is 66.1 Å². The number of nitrogens with one attached hydrogen (secondary N) is 1. The molecule has 3 rings (SSSR count). The first-order chi connectivity index (χ1) is 10.2. The van der Waals surface area contributed by atoms with Gasteiger partial charge >= 0.3 is 0 Å². The summed E-state index contributed by atoms with van der Waals surface area (Å²) in [6.45, 7) is 5.46. The minimum Gasteiger partial charge on any atom is -0.313 e. The van der Waals surface area contributed by atoms with Gasteiger partial charge in [0, 0.05) is 12.0 Å². The Hall–Kier alpha value is -1.60. The van der Waals surface area contributed by atoms with Crippen molar-refractivity contribution in [2.24, 2.45) is 0 Å². The summed E-state index contributed by atoms with van der Waals surface area (Å²) in [5, 5.41) is 3.75. The SMILES string of the molecule is Cc1ccc(C(c2ccc(C)cc2)[C@H]2CCCCN2)cc1. The van der Waals surface area contributed by atoms with Crippen LogP contribution in [0.1, 0.15) is 47.4 Å². The number of rotatable bonds is 3. The molecule has 0 spiro atoms. The predicted molar refractivity (Wildman–Crippen MR) is 89.8 cm³/mol. The van der Waals surface area contributed by atoms with Crippen molar-refractivity contribution in [3.63, 3.8) is 0 Å². The fourth-order valence-electron chi connectivity index (χ4n) is 3.37. The van der Waals surface area contributed by atoms with Crippen molar-refractivity contribution >= 4 is 0 Å². The van der Waals surface area contributed by atoms with Gasteiger partial charge in [0.05, 0.1) is 0 Å². The van der Waals surface area contributed by atoms with Gasteiger partial charge in [-0.15, -0.1) is 0 Å². The molecule has 1 N–H and O–H groups in total. The highest BCUT2D eigenvalue weighted by Crippen LogP contribution is 2.32. The van der Waals surface area contributed by atoms with E-state index in [9.17, 15) is 0 Å². The lowest BCUT2D eigenvalue weighted by atomic mass is 9.81. The van der Waals surface area contributed by atoms with E-state index in [1.165, 1.54) is 41.5 Å². The number of aryl methyl sites for hydroxylation is 2. The quantitative estimate of drug-likeness (QED) is 0.867. The number of hydrogen-bond acceptors (Lipinski definition) is 1. The number of benzene rings is 2. The second-order valence-corrected chi connectivity index (χ2v) is 6.36. The van der Waals surface area contributed by atoms with Gasteiger partial charge in [-0.3, -0.25) is 0 Å². The molecule has 1 heterocycles. The maximum absolute atomic E-state index is 3.75. The fraction of sp³-hybridized carbons (Fsp3) is 0.400. The van der Waals surface area contributed by atoms with Crippen molar-refractivity contribution in [1.29, 1.82) is 0 Å². The normalized spacial score (nSPS) is 18.9. The molecular formula is C20H25N. The van der Waals surface area contributed by atoms with Gasteiger partial charge in [-0.05, 0) is 44.4 Å². The van der Waals surface area contributed by atoms with Crippen LogP contribution in [0.2, 0.25) is 0 Å². The molecule has 0 saturated carbocycles. The Kier molecular flexibility index (Phi) is 4.40. The third-order valence-electron chi connectivity index (χ3n) is 4.62. The Morgan fingerprint density at radius 3 is 1.76 bits per heavy atom. The first-order valence-electron chi connectivity index (χ1n) is 8.10. The van der Waals surface area contributed by atoms with E-state index in [1.807, 2.05) is 0 Å². The van der Waals surface area contributed by atoms with Crippen LogP contribution < -0.4 is 5.32 Å². The summed E-state index contributed by atoms with van der Waals surface area (Å²) in [7, 11) is 0.